The zero-order valence-electron chi connectivity index (χ0n) is 16.4. The highest BCUT2D eigenvalue weighted by molar-refractivity contribution is 5.42. The first-order valence-corrected chi connectivity index (χ1v) is 10.1. The average Bonchev–Trinajstić information content (AvgIpc) is 2.66. The molecule has 0 aliphatic carbocycles. The van der Waals surface area contributed by atoms with E-state index in [2.05, 4.69) is 6.92 Å². The number of hydrogen-bond donors (Lipinski definition) is 0. The lowest BCUT2D eigenvalue weighted by atomic mass is 9.64. The number of hydrogen-bond acceptors (Lipinski definition) is 0. The van der Waals surface area contributed by atoms with Crippen molar-refractivity contribution in [3.8, 4) is 0 Å². The van der Waals surface area contributed by atoms with Crippen molar-refractivity contribution in [3.63, 3.8) is 0 Å². The number of rotatable bonds is 10. The SMILES string of the molecule is CCCCCCCCC(C)C(c1ccccc1)(c1ccccc1)C(F)(F)F. The highest BCUT2D eigenvalue weighted by Crippen LogP contribution is 2.52. The summed E-state index contributed by atoms with van der Waals surface area (Å²) in [6.07, 6.45) is 2.70. The van der Waals surface area contributed by atoms with Crippen LogP contribution in [0.25, 0.3) is 0 Å². The van der Waals surface area contributed by atoms with Crippen molar-refractivity contribution in [3.05, 3.63) is 71.8 Å². The van der Waals surface area contributed by atoms with Crippen LogP contribution in [-0.4, -0.2) is 6.18 Å². The number of benzene rings is 2. The van der Waals surface area contributed by atoms with Crippen LogP contribution in [-0.2, 0) is 5.41 Å². The van der Waals surface area contributed by atoms with Gasteiger partial charge in [-0.25, -0.2) is 0 Å². The van der Waals surface area contributed by atoms with Gasteiger partial charge in [0.1, 0.15) is 5.41 Å². The molecule has 0 radical (unpaired) electrons. The predicted molar refractivity (Wildman–Crippen MR) is 107 cm³/mol. The van der Waals surface area contributed by atoms with Gasteiger partial charge < -0.3 is 0 Å². The largest absolute Gasteiger partial charge is 0.402 e. The van der Waals surface area contributed by atoms with Crippen LogP contribution in [0.4, 0.5) is 13.2 Å². The summed E-state index contributed by atoms with van der Waals surface area (Å²) >= 11 is 0. The van der Waals surface area contributed by atoms with E-state index in [0.29, 0.717) is 17.5 Å². The fourth-order valence-corrected chi connectivity index (χ4v) is 4.19. The molecule has 0 saturated carbocycles. The summed E-state index contributed by atoms with van der Waals surface area (Å²) in [6.45, 7) is 3.93. The van der Waals surface area contributed by atoms with Gasteiger partial charge in [-0.05, 0) is 23.5 Å². The summed E-state index contributed by atoms with van der Waals surface area (Å²) in [5.41, 5.74) is -1.30. The minimum absolute atomic E-state index is 0.335. The molecule has 0 spiro atoms. The van der Waals surface area contributed by atoms with Crippen LogP contribution in [0.15, 0.2) is 60.7 Å². The summed E-state index contributed by atoms with van der Waals surface area (Å²) in [5.74, 6) is -0.534. The van der Waals surface area contributed by atoms with Crippen LogP contribution in [0, 0.1) is 5.92 Å². The monoisotopic (exact) mass is 376 g/mol. The van der Waals surface area contributed by atoms with Crippen molar-refractivity contribution < 1.29 is 13.2 Å². The third-order valence-electron chi connectivity index (χ3n) is 5.64. The first-order valence-electron chi connectivity index (χ1n) is 10.1. The maximum atomic E-state index is 14.7. The van der Waals surface area contributed by atoms with Gasteiger partial charge >= 0.3 is 6.18 Å². The van der Waals surface area contributed by atoms with E-state index < -0.39 is 17.5 Å². The predicted octanol–water partition coefficient (Wildman–Crippen LogP) is 7.92. The molecule has 0 N–H and O–H groups in total. The molecule has 1 atom stereocenters. The number of unbranched alkanes of at least 4 members (excludes halogenated alkanes) is 5. The van der Waals surface area contributed by atoms with Crippen LogP contribution in [0.3, 0.4) is 0 Å². The first-order chi connectivity index (χ1) is 12.9. The molecule has 0 saturated heterocycles. The zero-order chi connectivity index (χ0) is 19.8. The zero-order valence-corrected chi connectivity index (χ0v) is 16.4. The normalized spacial score (nSPS) is 13.5. The van der Waals surface area contributed by atoms with Crippen LogP contribution < -0.4 is 0 Å². The Kier molecular flexibility index (Phi) is 7.94. The molecule has 3 heteroatoms. The fourth-order valence-electron chi connectivity index (χ4n) is 4.19. The third kappa shape index (κ3) is 4.94. The van der Waals surface area contributed by atoms with Crippen molar-refractivity contribution >= 4 is 0 Å². The highest BCUT2D eigenvalue weighted by Gasteiger charge is 2.59. The second kappa shape index (κ2) is 9.96. The van der Waals surface area contributed by atoms with Crippen molar-refractivity contribution in [1.82, 2.24) is 0 Å². The lowest BCUT2D eigenvalue weighted by Crippen LogP contribution is -2.48. The maximum absolute atomic E-state index is 14.7. The maximum Gasteiger partial charge on any atom is 0.402 e. The molecular formula is C24H31F3. The minimum atomic E-state index is -4.36. The molecule has 148 valence electrons. The van der Waals surface area contributed by atoms with Crippen molar-refractivity contribution in [2.75, 3.05) is 0 Å². The Morgan fingerprint density at radius 1 is 0.704 bits per heavy atom. The molecule has 0 aliphatic heterocycles. The van der Waals surface area contributed by atoms with Gasteiger partial charge in [0.05, 0.1) is 0 Å². The Morgan fingerprint density at radius 3 is 1.59 bits per heavy atom. The van der Waals surface area contributed by atoms with E-state index in [4.69, 9.17) is 0 Å². The average molecular weight is 377 g/mol. The van der Waals surface area contributed by atoms with Crippen molar-refractivity contribution in [1.29, 1.82) is 0 Å². The van der Waals surface area contributed by atoms with E-state index in [1.165, 1.54) is 19.3 Å². The molecule has 0 aromatic heterocycles. The smallest absolute Gasteiger partial charge is 0.170 e. The summed E-state index contributed by atoms with van der Waals surface area (Å²) in [5, 5.41) is 0. The van der Waals surface area contributed by atoms with Gasteiger partial charge in [0, 0.05) is 0 Å². The minimum Gasteiger partial charge on any atom is -0.170 e. The van der Waals surface area contributed by atoms with E-state index in [0.717, 1.165) is 19.3 Å². The molecule has 1 unspecified atom stereocenters. The first kappa shape index (κ1) is 21.5. The summed E-state index contributed by atoms with van der Waals surface area (Å²) in [6, 6.07) is 16.9. The molecule has 0 amide bonds. The Bertz CT molecular complexity index is 607. The van der Waals surface area contributed by atoms with Gasteiger partial charge in [0.15, 0.2) is 0 Å². The summed E-state index contributed by atoms with van der Waals surface area (Å²) in [4.78, 5) is 0. The van der Waals surface area contributed by atoms with Crippen molar-refractivity contribution in [2.24, 2.45) is 5.92 Å². The van der Waals surface area contributed by atoms with E-state index >= 15 is 0 Å². The molecule has 0 bridgehead atoms. The Hall–Kier alpha value is -1.77. The molecule has 2 aromatic carbocycles. The lowest BCUT2D eigenvalue weighted by Gasteiger charge is -2.42. The van der Waals surface area contributed by atoms with Gasteiger partial charge in [-0.3, -0.25) is 0 Å². The Labute approximate surface area is 161 Å². The second-order valence-corrected chi connectivity index (χ2v) is 7.50. The summed E-state index contributed by atoms with van der Waals surface area (Å²) in [7, 11) is 0. The Morgan fingerprint density at radius 2 is 1.15 bits per heavy atom. The Balaban J connectivity index is 2.34. The quantitative estimate of drug-likeness (QED) is 0.369. The summed E-state index contributed by atoms with van der Waals surface area (Å²) < 4.78 is 44.0. The lowest BCUT2D eigenvalue weighted by molar-refractivity contribution is -0.192. The molecule has 2 rings (SSSR count). The molecule has 0 fully saturated rings. The highest BCUT2D eigenvalue weighted by atomic mass is 19.4. The topological polar surface area (TPSA) is 0 Å². The fraction of sp³-hybridized carbons (Fsp3) is 0.500. The standard InChI is InChI=1S/C24H31F3/c1-3-4-5-6-7-10-15-20(2)23(24(25,26)27,21-16-11-8-12-17-21)22-18-13-9-14-19-22/h8-9,11-14,16-20H,3-7,10,15H2,1-2H3. The molecular weight excluding hydrogens is 345 g/mol. The van der Waals surface area contributed by atoms with E-state index in [-0.39, 0.29) is 0 Å². The van der Waals surface area contributed by atoms with Gasteiger partial charge in [0.2, 0.25) is 0 Å². The van der Waals surface area contributed by atoms with Crippen LogP contribution in [0.2, 0.25) is 0 Å². The number of alkyl halides is 3. The molecule has 27 heavy (non-hydrogen) atoms. The second-order valence-electron chi connectivity index (χ2n) is 7.50. The van der Waals surface area contributed by atoms with E-state index in [9.17, 15) is 13.2 Å². The molecule has 0 nitrogen and oxygen atoms in total. The molecule has 2 aromatic rings. The van der Waals surface area contributed by atoms with Crippen molar-refractivity contribution in [2.45, 2.75) is 70.4 Å². The van der Waals surface area contributed by atoms with Gasteiger partial charge in [-0.15, -0.1) is 0 Å². The van der Waals surface area contributed by atoms with Crippen LogP contribution in [0.5, 0.6) is 0 Å². The van der Waals surface area contributed by atoms with Crippen LogP contribution >= 0.6 is 0 Å². The third-order valence-corrected chi connectivity index (χ3v) is 5.64. The van der Waals surface area contributed by atoms with Gasteiger partial charge in [-0.2, -0.15) is 13.2 Å². The molecule has 0 heterocycles. The van der Waals surface area contributed by atoms with Gasteiger partial charge in [0.25, 0.3) is 0 Å². The molecule has 0 aliphatic rings. The van der Waals surface area contributed by atoms with Gasteiger partial charge in [-0.1, -0.05) is 113 Å². The van der Waals surface area contributed by atoms with E-state index in [1.54, 1.807) is 67.6 Å². The van der Waals surface area contributed by atoms with Crippen LogP contribution in [0.1, 0.15) is 69.9 Å². The van der Waals surface area contributed by atoms with E-state index in [1.807, 2.05) is 0 Å². The number of halogens is 3.